The third-order valence-corrected chi connectivity index (χ3v) is 5.09. The molecule has 3 aromatic carbocycles. The number of ether oxygens (including phenoxy) is 1. The van der Waals surface area contributed by atoms with E-state index in [4.69, 9.17) is 17.0 Å². The number of fused-ring (bicyclic) bond motifs is 1. The van der Waals surface area contributed by atoms with E-state index in [0.717, 1.165) is 5.56 Å². The number of carbonyl (C=O) groups is 1. The maximum absolute atomic E-state index is 13.0. The fourth-order valence-electron chi connectivity index (χ4n) is 3.30. The Morgan fingerprint density at radius 2 is 1.80 bits per heavy atom. The average Bonchev–Trinajstić information content (AvgIpc) is 2.78. The zero-order chi connectivity index (χ0) is 21.1. The van der Waals surface area contributed by atoms with Crippen molar-refractivity contribution >= 4 is 29.0 Å². The van der Waals surface area contributed by atoms with E-state index in [2.05, 4.69) is 10.3 Å². The lowest BCUT2D eigenvalue weighted by atomic mass is 10.1. The van der Waals surface area contributed by atoms with Crippen LogP contribution in [0.2, 0.25) is 0 Å². The minimum absolute atomic E-state index is 0.235. The van der Waals surface area contributed by atoms with Gasteiger partial charge in [0, 0.05) is 17.7 Å². The second-order valence-corrected chi connectivity index (χ2v) is 7.05. The Labute approximate surface area is 177 Å². The van der Waals surface area contributed by atoms with Crippen LogP contribution in [0.4, 0.5) is 0 Å². The summed E-state index contributed by atoms with van der Waals surface area (Å²) in [7, 11) is 1.59. The van der Waals surface area contributed by atoms with Crippen molar-refractivity contribution in [3.63, 3.8) is 0 Å². The lowest BCUT2D eigenvalue weighted by molar-refractivity contribution is 0.0951. The molecular weight excluding hydrogens is 398 g/mol. The normalized spacial score (nSPS) is 10.7. The van der Waals surface area contributed by atoms with Crippen LogP contribution in [0.25, 0.3) is 16.6 Å². The monoisotopic (exact) mass is 417 g/mol. The maximum atomic E-state index is 13.0. The highest BCUT2D eigenvalue weighted by Crippen LogP contribution is 2.17. The number of carbonyl (C=O) groups excluding carboxylic acids is 1. The highest BCUT2D eigenvalue weighted by Gasteiger charge is 2.12. The molecule has 150 valence electrons. The van der Waals surface area contributed by atoms with Crippen LogP contribution in [0, 0.1) is 4.77 Å². The Morgan fingerprint density at radius 3 is 2.57 bits per heavy atom. The smallest absolute Gasteiger partial charge is 0.266 e. The van der Waals surface area contributed by atoms with E-state index in [1.54, 1.807) is 25.3 Å². The molecule has 2 N–H and O–H groups in total. The number of nitrogens with one attached hydrogen (secondary N) is 2. The molecule has 4 aromatic rings. The lowest BCUT2D eigenvalue weighted by Crippen LogP contribution is -2.24. The van der Waals surface area contributed by atoms with E-state index in [0.29, 0.717) is 34.4 Å². The minimum atomic E-state index is -0.255. The Kier molecular flexibility index (Phi) is 5.45. The van der Waals surface area contributed by atoms with Crippen molar-refractivity contribution in [3.8, 4) is 11.4 Å². The number of aromatic nitrogens is 2. The minimum Gasteiger partial charge on any atom is -0.496 e. The summed E-state index contributed by atoms with van der Waals surface area (Å²) in [6.07, 6.45) is 0. The molecule has 1 aromatic heterocycles. The number of H-pyrrole nitrogens is 1. The van der Waals surface area contributed by atoms with E-state index < -0.39 is 0 Å². The van der Waals surface area contributed by atoms with Gasteiger partial charge in [-0.1, -0.05) is 36.4 Å². The van der Waals surface area contributed by atoms with Crippen LogP contribution in [0.15, 0.2) is 77.6 Å². The lowest BCUT2D eigenvalue weighted by Gasteiger charge is -2.11. The molecular formula is C23H19N3O3S. The maximum Gasteiger partial charge on any atom is 0.266 e. The van der Waals surface area contributed by atoms with Crippen molar-refractivity contribution in [1.29, 1.82) is 0 Å². The van der Waals surface area contributed by atoms with Gasteiger partial charge in [-0.3, -0.25) is 14.2 Å². The molecule has 0 bridgehead atoms. The van der Waals surface area contributed by atoms with Crippen molar-refractivity contribution in [1.82, 2.24) is 14.9 Å². The quantitative estimate of drug-likeness (QED) is 0.482. The van der Waals surface area contributed by atoms with E-state index in [1.807, 2.05) is 54.6 Å². The molecule has 4 rings (SSSR count). The number of hydrogen-bond donors (Lipinski definition) is 2. The van der Waals surface area contributed by atoms with E-state index in [-0.39, 0.29) is 16.2 Å². The standard InChI is InChI=1S/C23H19N3O3S/c1-29-20-10-6-5-7-16(20)14-24-21(27)15-11-12-18-19(13-15)25-23(30)26(22(18)28)17-8-3-2-4-9-17/h2-13H,14H2,1H3,(H,24,27)(H,25,30). The van der Waals surface area contributed by atoms with Gasteiger partial charge in [-0.25, -0.2) is 0 Å². The number of nitrogens with zero attached hydrogens (tertiary/aromatic N) is 1. The second-order valence-electron chi connectivity index (χ2n) is 6.66. The molecule has 0 saturated heterocycles. The summed E-state index contributed by atoms with van der Waals surface area (Å²) in [5.41, 5.74) is 2.27. The van der Waals surface area contributed by atoms with E-state index in [9.17, 15) is 9.59 Å². The first-order valence-corrected chi connectivity index (χ1v) is 9.74. The van der Waals surface area contributed by atoms with Crippen LogP contribution in [0.1, 0.15) is 15.9 Å². The van der Waals surface area contributed by atoms with Gasteiger partial charge in [0.25, 0.3) is 11.5 Å². The van der Waals surface area contributed by atoms with Crippen LogP contribution in [0.5, 0.6) is 5.75 Å². The SMILES string of the molecule is COc1ccccc1CNC(=O)c1ccc2c(=O)n(-c3ccccc3)c(=S)[nH]c2c1. The zero-order valence-corrected chi connectivity index (χ0v) is 17.0. The Bertz CT molecular complexity index is 1340. The number of para-hydroxylation sites is 2. The molecule has 0 spiro atoms. The van der Waals surface area contributed by atoms with E-state index >= 15 is 0 Å². The van der Waals surface area contributed by atoms with E-state index in [1.165, 1.54) is 4.57 Å². The second kappa shape index (κ2) is 8.34. The molecule has 0 unspecified atom stereocenters. The van der Waals surface area contributed by atoms with Gasteiger partial charge in [0.05, 0.1) is 23.7 Å². The van der Waals surface area contributed by atoms with Crippen LogP contribution in [-0.2, 0) is 6.54 Å². The van der Waals surface area contributed by atoms with Gasteiger partial charge in [-0.2, -0.15) is 0 Å². The van der Waals surface area contributed by atoms with Crippen LogP contribution in [-0.4, -0.2) is 22.6 Å². The van der Waals surface area contributed by atoms with Gasteiger partial charge < -0.3 is 15.0 Å². The average molecular weight is 417 g/mol. The fourth-order valence-corrected chi connectivity index (χ4v) is 3.60. The topological polar surface area (TPSA) is 76.1 Å². The van der Waals surface area contributed by atoms with Gasteiger partial charge in [0.15, 0.2) is 4.77 Å². The molecule has 7 heteroatoms. The van der Waals surface area contributed by atoms with Crippen molar-refractivity contribution < 1.29 is 9.53 Å². The number of aromatic amines is 1. The summed E-state index contributed by atoms with van der Waals surface area (Å²) in [6, 6.07) is 21.6. The summed E-state index contributed by atoms with van der Waals surface area (Å²) in [4.78, 5) is 28.7. The predicted octanol–water partition coefficient (Wildman–Crippen LogP) is 3.99. The summed E-state index contributed by atoms with van der Waals surface area (Å²) in [5, 5.41) is 3.33. The summed E-state index contributed by atoms with van der Waals surface area (Å²) < 4.78 is 7.02. The third-order valence-electron chi connectivity index (χ3n) is 4.81. The van der Waals surface area contributed by atoms with Crippen molar-refractivity contribution in [2.45, 2.75) is 6.54 Å². The molecule has 0 aliphatic rings. The molecule has 0 aliphatic heterocycles. The largest absolute Gasteiger partial charge is 0.496 e. The summed E-state index contributed by atoms with van der Waals surface area (Å²) >= 11 is 5.39. The number of methoxy groups -OCH3 is 1. The molecule has 0 atom stereocenters. The molecule has 6 nitrogen and oxygen atoms in total. The highest BCUT2D eigenvalue weighted by atomic mass is 32.1. The van der Waals surface area contributed by atoms with Crippen molar-refractivity contribution in [2.24, 2.45) is 0 Å². The number of benzene rings is 3. The molecule has 0 radical (unpaired) electrons. The first-order chi connectivity index (χ1) is 14.6. The molecule has 0 aliphatic carbocycles. The summed E-state index contributed by atoms with van der Waals surface area (Å²) in [5.74, 6) is 0.455. The Morgan fingerprint density at radius 1 is 1.07 bits per heavy atom. The van der Waals surface area contributed by atoms with Gasteiger partial charge in [0.1, 0.15) is 5.75 Å². The van der Waals surface area contributed by atoms with Crippen LogP contribution >= 0.6 is 12.2 Å². The Balaban J connectivity index is 1.64. The molecule has 0 fully saturated rings. The number of rotatable bonds is 5. The predicted molar refractivity (Wildman–Crippen MR) is 119 cm³/mol. The fraction of sp³-hybridized carbons (Fsp3) is 0.0870. The zero-order valence-electron chi connectivity index (χ0n) is 16.2. The summed E-state index contributed by atoms with van der Waals surface area (Å²) in [6.45, 7) is 0.326. The number of amides is 1. The van der Waals surface area contributed by atoms with Crippen LogP contribution in [0.3, 0.4) is 0 Å². The first kappa shape index (κ1) is 19.6. The molecule has 1 heterocycles. The van der Waals surface area contributed by atoms with Gasteiger partial charge >= 0.3 is 0 Å². The Hall–Kier alpha value is -3.71. The molecule has 0 saturated carbocycles. The van der Waals surface area contributed by atoms with Gasteiger partial charge in [-0.15, -0.1) is 0 Å². The third kappa shape index (κ3) is 3.75. The molecule has 30 heavy (non-hydrogen) atoms. The number of hydrogen-bond acceptors (Lipinski definition) is 4. The van der Waals surface area contributed by atoms with Crippen molar-refractivity contribution in [2.75, 3.05) is 7.11 Å². The van der Waals surface area contributed by atoms with Gasteiger partial charge in [0.2, 0.25) is 0 Å². The molecule has 1 amide bonds. The van der Waals surface area contributed by atoms with Crippen molar-refractivity contribution in [3.05, 3.63) is 99.0 Å². The van der Waals surface area contributed by atoms with Gasteiger partial charge in [-0.05, 0) is 48.6 Å². The van der Waals surface area contributed by atoms with Crippen LogP contribution < -0.4 is 15.6 Å². The first-order valence-electron chi connectivity index (χ1n) is 9.33. The highest BCUT2D eigenvalue weighted by molar-refractivity contribution is 7.71.